The van der Waals surface area contributed by atoms with Crippen LogP contribution in [0.3, 0.4) is 0 Å². The molecular formula is C12H14Cl2O2. The van der Waals surface area contributed by atoms with Crippen molar-refractivity contribution in [2.24, 2.45) is 5.92 Å². The first-order valence-electron chi connectivity index (χ1n) is 5.34. The first-order valence-corrected chi connectivity index (χ1v) is 6.10. The lowest BCUT2D eigenvalue weighted by Gasteiger charge is -2.22. The average molecular weight is 261 g/mol. The Hall–Kier alpha value is -0.280. The van der Waals surface area contributed by atoms with Crippen LogP contribution in [-0.4, -0.2) is 17.8 Å². The van der Waals surface area contributed by atoms with E-state index in [0.29, 0.717) is 28.1 Å². The van der Waals surface area contributed by atoms with E-state index in [0.717, 1.165) is 6.42 Å². The van der Waals surface area contributed by atoms with Gasteiger partial charge in [0.2, 0.25) is 0 Å². The second-order valence-corrected chi connectivity index (χ2v) is 5.06. The van der Waals surface area contributed by atoms with Crippen molar-refractivity contribution < 1.29 is 9.84 Å². The summed E-state index contributed by atoms with van der Waals surface area (Å²) in [6.45, 7) is 2.78. The average Bonchev–Trinajstić information content (AvgIpc) is 2.63. The summed E-state index contributed by atoms with van der Waals surface area (Å²) in [6.07, 6.45) is 0.133. The van der Waals surface area contributed by atoms with E-state index < -0.39 is 6.10 Å². The van der Waals surface area contributed by atoms with Gasteiger partial charge in [0, 0.05) is 22.2 Å². The predicted octanol–water partition coefficient (Wildman–Crippen LogP) is 3.45. The van der Waals surface area contributed by atoms with Crippen LogP contribution in [0.5, 0.6) is 0 Å². The maximum atomic E-state index is 10.2. The highest BCUT2D eigenvalue weighted by molar-refractivity contribution is 6.35. The first kappa shape index (κ1) is 12.2. The van der Waals surface area contributed by atoms with Crippen molar-refractivity contribution in [1.82, 2.24) is 0 Å². The molecule has 1 heterocycles. The number of halogens is 2. The van der Waals surface area contributed by atoms with E-state index >= 15 is 0 Å². The molecule has 1 saturated heterocycles. The van der Waals surface area contributed by atoms with Crippen LogP contribution in [0.15, 0.2) is 18.2 Å². The van der Waals surface area contributed by atoms with Gasteiger partial charge in [0.05, 0.1) is 6.10 Å². The zero-order valence-electron chi connectivity index (χ0n) is 8.99. The summed E-state index contributed by atoms with van der Waals surface area (Å²) in [5, 5.41) is 11.3. The van der Waals surface area contributed by atoms with Gasteiger partial charge in [-0.15, -0.1) is 0 Å². The monoisotopic (exact) mass is 260 g/mol. The molecule has 0 aromatic heterocycles. The van der Waals surface area contributed by atoms with Crippen LogP contribution in [0.2, 0.25) is 10.0 Å². The molecule has 1 fully saturated rings. The first-order chi connectivity index (χ1) is 7.59. The van der Waals surface area contributed by atoms with E-state index in [1.54, 1.807) is 18.2 Å². The summed E-state index contributed by atoms with van der Waals surface area (Å²) in [4.78, 5) is 0. The minimum atomic E-state index is -0.678. The standard InChI is InChI=1S/C12H14Cl2O2/c1-7-4-5-16-12(7)11(15)9-3-2-8(13)6-10(9)14/h2-3,6-7,11-12,15H,4-5H2,1H3. The van der Waals surface area contributed by atoms with Crippen molar-refractivity contribution in [3.05, 3.63) is 33.8 Å². The smallest absolute Gasteiger partial charge is 0.107 e. The van der Waals surface area contributed by atoms with Crippen molar-refractivity contribution in [3.63, 3.8) is 0 Å². The van der Waals surface area contributed by atoms with Crippen molar-refractivity contribution in [3.8, 4) is 0 Å². The number of aliphatic hydroxyl groups is 1. The van der Waals surface area contributed by atoms with Gasteiger partial charge in [-0.1, -0.05) is 36.2 Å². The van der Waals surface area contributed by atoms with Crippen molar-refractivity contribution in [2.45, 2.75) is 25.6 Å². The summed E-state index contributed by atoms with van der Waals surface area (Å²) >= 11 is 11.9. The second-order valence-electron chi connectivity index (χ2n) is 4.21. The lowest BCUT2D eigenvalue weighted by Crippen LogP contribution is -2.23. The Morgan fingerprint density at radius 2 is 2.19 bits per heavy atom. The molecular weight excluding hydrogens is 247 g/mol. The fourth-order valence-electron chi connectivity index (χ4n) is 2.04. The van der Waals surface area contributed by atoms with Gasteiger partial charge in [0.1, 0.15) is 6.10 Å². The van der Waals surface area contributed by atoms with E-state index in [-0.39, 0.29) is 6.10 Å². The van der Waals surface area contributed by atoms with Gasteiger partial charge in [0.25, 0.3) is 0 Å². The number of hydrogen-bond acceptors (Lipinski definition) is 2. The van der Waals surface area contributed by atoms with Crippen LogP contribution < -0.4 is 0 Å². The lowest BCUT2D eigenvalue weighted by molar-refractivity contribution is -0.0177. The maximum Gasteiger partial charge on any atom is 0.107 e. The summed E-state index contributed by atoms with van der Waals surface area (Å²) in [5.74, 6) is 0.349. The Morgan fingerprint density at radius 3 is 2.75 bits per heavy atom. The van der Waals surface area contributed by atoms with Gasteiger partial charge < -0.3 is 9.84 Å². The normalized spacial score (nSPS) is 27.0. The number of benzene rings is 1. The Morgan fingerprint density at radius 1 is 1.44 bits per heavy atom. The van der Waals surface area contributed by atoms with Crippen molar-refractivity contribution >= 4 is 23.2 Å². The highest BCUT2D eigenvalue weighted by Gasteiger charge is 2.32. The third kappa shape index (κ3) is 2.35. The molecule has 1 aromatic carbocycles. The van der Waals surface area contributed by atoms with Crippen LogP contribution in [0.25, 0.3) is 0 Å². The van der Waals surface area contributed by atoms with Crippen LogP contribution in [0.1, 0.15) is 25.0 Å². The number of rotatable bonds is 2. The Labute approximate surface area is 105 Å². The molecule has 1 aliphatic heterocycles. The molecule has 3 unspecified atom stereocenters. The fourth-order valence-corrected chi connectivity index (χ4v) is 2.56. The number of ether oxygens (including phenoxy) is 1. The van der Waals surface area contributed by atoms with Crippen LogP contribution in [0.4, 0.5) is 0 Å². The molecule has 0 bridgehead atoms. The quantitative estimate of drug-likeness (QED) is 0.883. The molecule has 16 heavy (non-hydrogen) atoms. The zero-order chi connectivity index (χ0) is 11.7. The van der Waals surface area contributed by atoms with Gasteiger partial charge >= 0.3 is 0 Å². The molecule has 0 aliphatic carbocycles. The second kappa shape index (κ2) is 4.92. The van der Waals surface area contributed by atoms with Gasteiger partial charge in [-0.2, -0.15) is 0 Å². The molecule has 0 spiro atoms. The molecule has 2 rings (SSSR count). The molecule has 1 aliphatic rings. The SMILES string of the molecule is CC1CCOC1C(O)c1ccc(Cl)cc1Cl. The molecule has 1 aromatic rings. The third-order valence-electron chi connectivity index (χ3n) is 3.04. The summed E-state index contributed by atoms with van der Waals surface area (Å²) in [5.41, 5.74) is 0.685. The number of hydrogen-bond donors (Lipinski definition) is 1. The van der Waals surface area contributed by atoms with E-state index in [2.05, 4.69) is 6.92 Å². The largest absolute Gasteiger partial charge is 0.386 e. The van der Waals surface area contributed by atoms with Gasteiger partial charge in [-0.25, -0.2) is 0 Å². The molecule has 0 amide bonds. The highest BCUT2D eigenvalue weighted by Crippen LogP contribution is 2.35. The third-order valence-corrected chi connectivity index (χ3v) is 3.60. The molecule has 3 atom stereocenters. The molecule has 2 nitrogen and oxygen atoms in total. The van der Waals surface area contributed by atoms with E-state index in [4.69, 9.17) is 27.9 Å². The molecule has 0 radical (unpaired) electrons. The molecule has 1 N–H and O–H groups in total. The maximum absolute atomic E-state index is 10.2. The summed E-state index contributed by atoms with van der Waals surface area (Å²) < 4.78 is 5.53. The van der Waals surface area contributed by atoms with E-state index in [1.165, 1.54) is 0 Å². The lowest BCUT2D eigenvalue weighted by atomic mass is 9.95. The highest BCUT2D eigenvalue weighted by atomic mass is 35.5. The van der Waals surface area contributed by atoms with Gasteiger partial charge in [0.15, 0.2) is 0 Å². The Bertz CT molecular complexity index is 381. The molecule has 88 valence electrons. The topological polar surface area (TPSA) is 29.5 Å². The molecule has 0 saturated carbocycles. The number of aliphatic hydroxyl groups excluding tert-OH is 1. The minimum absolute atomic E-state index is 0.168. The Balaban J connectivity index is 2.23. The van der Waals surface area contributed by atoms with Gasteiger partial charge in [-0.05, 0) is 24.5 Å². The van der Waals surface area contributed by atoms with Crippen LogP contribution in [0, 0.1) is 5.92 Å². The van der Waals surface area contributed by atoms with Crippen LogP contribution >= 0.6 is 23.2 Å². The fraction of sp³-hybridized carbons (Fsp3) is 0.500. The van der Waals surface area contributed by atoms with Crippen LogP contribution in [-0.2, 0) is 4.74 Å². The van der Waals surface area contributed by atoms with E-state index in [1.807, 2.05) is 0 Å². The van der Waals surface area contributed by atoms with Crippen molar-refractivity contribution in [2.75, 3.05) is 6.61 Å². The summed E-state index contributed by atoms with van der Waals surface area (Å²) in [7, 11) is 0. The van der Waals surface area contributed by atoms with E-state index in [9.17, 15) is 5.11 Å². The predicted molar refractivity (Wildman–Crippen MR) is 64.9 cm³/mol. The Kier molecular flexibility index (Phi) is 3.75. The minimum Gasteiger partial charge on any atom is -0.386 e. The van der Waals surface area contributed by atoms with Crippen molar-refractivity contribution in [1.29, 1.82) is 0 Å². The summed E-state index contributed by atoms with van der Waals surface area (Å²) in [6, 6.07) is 5.12. The van der Waals surface area contributed by atoms with Gasteiger partial charge in [-0.3, -0.25) is 0 Å². The molecule has 4 heteroatoms. The zero-order valence-corrected chi connectivity index (χ0v) is 10.5.